The summed E-state index contributed by atoms with van der Waals surface area (Å²) < 4.78 is 8.20. The molecule has 0 radical (unpaired) electrons. The van der Waals surface area contributed by atoms with Crippen LogP contribution in [0.15, 0.2) is 14.4 Å². The molecule has 1 heterocycles. The summed E-state index contributed by atoms with van der Waals surface area (Å²) in [5.74, 6) is 0. The highest BCUT2D eigenvalue weighted by atomic mass is 35.5. The van der Waals surface area contributed by atoms with E-state index in [0.717, 1.165) is 34.8 Å². The van der Waals surface area contributed by atoms with Gasteiger partial charge in [0.1, 0.15) is 0 Å². The molecule has 1 N–H and O–H groups in total. The highest BCUT2D eigenvalue weighted by Gasteiger charge is 2.34. The molecule has 0 bridgehead atoms. The van der Waals surface area contributed by atoms with Crippen LogP contribution in [0.25, 0.3) is 0 Å². The predicted molar refractivity (Wildman–Crippen MR) is 99.0 cm³/mol. The molecule has 0 aliphatic heterocycles. The molecule has 3 atom stereocenters. The molecule has 0 amide bonds. The average molecular weight is 390 g/mol. The van der Waals surface area contributed by atoms with E-state index >= 15 is 0 Å². The molecule has 0 aromatic carbocycles. The molecular formula is C16H24ClN3O4S. The second kappa shape index (κ2) is 7.72. The maximum absolute atomic E-state index is 12.3. The first kappa shape index (κ1) is 18.8. The van der Waals surface area contributed by atoms with Gasteiger partial charge in [-0.15, -0.1) is 11.6 Å². The van der Waals surface area contributed by atoms with Crippen LogP contribution in [0.1, 0.15) is 51.0 Å². The van der Waals surface area contributed by atoms with Gasteiger partial charge in [0, 0.05) is 18.3 Å². The smallest absolute Gasteiger partial charge is 0.336 e. The van der Waals surface area contributed by atoms with Crippen molar-refractivity contribution in [1.82, 2.24) is 14.1 Å². The van der Waals surface area contributed by atoms with E-state index in [2.05, 4.69) is 17.6 Å². The fourth-order valence-electron chi connectivity index (χ4n) is 3.78. The van der Waals surface area contributed by atoms with Gasteiger partial charge in [-0.05, 0) is 44.9 Å². The molecule has 3 unspecified atom stereocenters. The lowest BCUT2D eigenvalue weighted by Gasteiger charge is -2.36. The number of ether oxygens (including phenoxy) is 1. The Balaban J connectivity index is 1.68. The summed E-state index contributed by atoms with van der Waals surface area (Å²) in [6, 6.07) is -0.321. The third-order valence-electron chi connectivity index (χ3n) is 5.29. The molecule has 0 saturated heterocycles. The van der Waals surface area contributed by atoms with Gasteiger partial charge >= 0.3 is 17.1 Å². The van der Waals surface area contributed by atoms with Gasteiger partial charge < -0.3 is 4.74 Å². The Labute approximate surface area is 155 Å². The Morgan fingerprint density at radius 1 is 1.08 bits per heavy atom. The van der Waals surface area contributed by atoms with Crippen molar-refractivity contribution in [2.75, 3.05) is 0 Å². The van der Waals surface area contributed by atoms with Crippen molar-refractivity contribution in [3.8, 4) is 0 Å². The minimum Gasteiger partial charge on any atom is -0.373 e. The van der Waals surface area contributed by atoms with E-state index in [0.29, 0.717) is 24.5 Å². The standard InChI is InChI=1S/C16H24ClN3O4S/c1-19-14(21)18-15(22)20(16(19)23)9-2-7-13(12(17)8-9)24-10-3-5-11(25)6-4-10/h9-13,25H,2-8H2,1H3,(H,18,21,22). The maximum atomic E-state index is 12.3. The first-order chi connectivity index (χ1) is 11.9. The highest BCUT2D eigenvalue weighted by molar-refractivity contribution is 7.80. The quantitative estimate of drug-likeness (QED) is 0.600. The van der Waals surface area contributed by atoms with Crippen LogP contribution in [0.2, 0.25) is 0 Å². The van der Waals surface area contributed by atoms with Crippen LogP contribution in [0, 0.1) is 0 Å². The summed E-state index contributed by atoms with van der Waals surface area (Å²) in [4.78, 5) is 38.0. The number of hydrogen-bond donors (Lipinski definition) is 2. The number of rotatable bonds is 3. The van der Waals surface area contributed by atoms with Crippen LogP contribution in [0.4, 0.5) is 0 Å². The van der Waals surface area contributed by atoms with Crippen molar-refractivity contribution in [2.24, 2.45) is 7.05 Å². The lowest BCUT2D eigenvalue weighted by molar-refractivity contribution is -0.0474. The Kier molecular flexibility index (Phi) is 5.80. The van der Waals surface area contributed by atoms with Crippen molar-refractivity contribution < 1.29 is 4.74 Å². The summed E-state index contributed by atoms with van der Waals surface area (Å²) in [5.41, 5.74) is -1.98. The van der Waals surface area contributed by atoms with Gasteiger partial charge in [0.15, 0.2) is 0 Å². The van der Waals surface area contributed by atoms with Gasteiger partial charge in [-0.3, -0.25) is 4.98 Å². The molecule has 0 spiro atoms. The van der Waals surface area contributed by atoms with Crippen LogP contribution in [0.5, 0.6) is 0 Å². The third-order valence-corrected chi connectivity index (χ3v) is 6.27. The number of halogens is 1. The predicted octanol–water partition coefficient (Wildman–Crippen LogP) is 1.19. The van der Waals surface area contributed by atoms with Crippen molar-refractivity contribution in [2.45, 2.75) is 73.8 Å². The van der Waals surface area contributed by atoms with Crippen LogP contribution in [0.3, 0.4) is 0 Å². The summed E-state index contributed by atoms with van der Waals surface area (Å²) in [5, 5.41) is 0.196. The summed E-state index contributed by atoms with van der Waals surface area (Å²) >= 11 is 11.0. The fourth-order valence-corrected chi connectivity index (χ4v) is 4.47. The first-order valence-corrected chi connectivity index (χ1v) is 9.71. The molecular weight excluding hydrogens is 366 g/mol. The normalized spacial score (nSPS) is 33.3. The molecule has 2 fully saturated rings. The second-order valence-corrected chi connectivity index (χ2v) is 8.33. The van der Waals surface area contributed by atoms with Gasteiger partial charge in [0.05, 0.1) is 17.6 Å². The number of hydrogen-bond acceptors (Lipinski definition) is 5. The molecule has 2 aliphatic rings. The van der Waals surface area contributed by atoms with E-state index < -0.39 is 17.1 Å². The zero-order valence-corrected chi connectivity index (χ0v) is 15.8. The molecule has 2 saturated carbocycles. The lowest BCUT2D eigenvalue weighted by atomic mass is 9.91. The van der Waals surface area contributed by atoms with Crippen LogP contribution >= 0.6 is 24.2 Å². The second-order valence-electron chi connectivity index (χ2n) is 7.03. The van der Waals surface area contributed by atoms with Gasteiger partial charge in [-0.25, -0.2) is 23.5 Å². The number of aromatic amines is 1. The minimum absolute atomic E-state index is 0.0679. The fraction of sp³-hybridized carbons (Fsp3) is 0.812. The summed E-state index contributed by atoms with van der Waals surface area (Å²) in [6.07, 6.45) is 6.03. The van der Waals surface area contributed by atoms with E-state index in [-0.39, 0.29) is 23.6 Å². The third kappa shape index (κ3) is 4.06. The lowest BCUT2D eigenvalue weighted by Crippen LogP contribution is -2.51. The van der Waals surface area contributed by atoms with Crippen molar-refractivity contribution in [3.63, 3.8) is 0 Å². The number of nitrogens with one attached hydrogen (secondary N) is 1. The SMILES string of the molecule is Cn1c(=O)[nH]c(=O)n(C2CCC(OC3CCC(S)CC3)C(Cl)C2)c1=O. The van der Waals surface area contributed by atoms with E-state index in [4.69, 9.17) is 16.3 Å². The number of aromatic nitrogens is 3. The molecule has 3 rings (SSSR count). The molecule has 1 aromatic rings. The minimum atomic E-state index is -0.703. The maximum Gasteiger partial charge on any atom is 0.336 e. The molecule has 9 heteroatoms. The Bertz CT molecular complexity index is 781. The number of nitrogens with zero attached hydrogens (tertiary/aromatic N) is 2. The Morgan fingerprint density at radius 3 is 2.40 bits per heavy atom. The van der Waals surface area contributed by atoms with Crippen molar-refractivity contribution in [3.05, 3.63) is 31.5 Å². The van der Waals surface area contributed by atoms with Crippen LogP contribution in [-0.2, 0) is 11.8 Å². The van der Waals surface area contributed by atoms with Gasteiger partial charge in [0.25, 0.3) is 0 Å². The number of alkyl halides is 1. The van der Waals surface area contributed by atoms with Gasteiger partial charge in [-0.1, -0.05) is 0 Å². The van der Waals surface area contributed by atoms with Crippen molar-refractivity contribution in [1.29, 1.82) is 0 Å². The largest absolute Gasteiger partial charge is 0.373 e. The number of thiol groups is 1. The zero-order chi connectivity index (χ0) is 18.1. The van der Waals surface area contributed by atoms with E-state index in [1.807, 2.05) is 0 Å². The van der Waals surface area contributed by atoms with Crippen LogP contribution < -0.4 is 17.1 Å². The van der Waals surface area contributed by atoms with Gasteiger partial charge in [0.2, 0.25) is 0 Å². The summed E-state index contributed by atoms with van der Waals surface area (Å²) in [7, 11) is 1.35. The van der Waals surface area contributed by atoms with E-state index in [9.17, 15) is 14.4 Å². The van der Waals surface area contributed by atoms with Crippen molar-refractivity contribution >= 4 is 24.2 Å². The average Bonchev–Trinajstić information content (AvgIpc) is 2.57. The first-order valence-electron chi connectivity index (χ1n) is 8.76. The monoisotopic (exact) mass is 389 g/mol. The molecule has 2 aliphatic carbocycles. The summed E-state index contributed by atoms with van der Waals surface area (Å²) in [6.45, 7) is 0. The van der Waals surface area contributed by atoms with Crippen LogP contribution in [-0.4, -0.2) is 37.0 Å². The highest BCUT2D eigenvalue weighted by Crippen LogP contribution is 2.34. The molecule has 140 valence electrons. The topological polar surface area (TPSA) is 86.1 Å². The molecule has 7 nitrogen and oxygen atoms in total. The number of H-pyrrole nitrogens is 1. The van der Waals surface area contributed by atoms with E-state index in [1.54, 1.807) is 0 Å². The Morgan fingerprint density at radius 2 is 1.76 bits per heavy atom. The Hall–Kier alpha value is -0.990. The molecule has 1 aromatic heterocycles. The van der Waals surface area contributed by atoms with E-state index in [1.165, 1.54) is 7.05 Å². The van der Waals surface area contributed by atoms with Gasteiger partial charge in [-0.2, -0.15) is 12.6 Å². The molecule has 25 heavy (non-hydrogen) atoms. The zero-order valence-electron chi connectivity index (χ0n) is 14.2.